The van der Waals surface area contributed by atoms with Crippen LogP contribution < -0.4 is 0 Å². The minimum atomic E-state index is -1.13. The monoisotopic (exact) mass is 378 g/mol. The molecule has 1 unspecified atom stereocenters. The van der Waals surface area contributed by atoms with Gasteiger partial charge in [-0.1, -0.05) is 0 Å². The van der Waals surface area contributed by atoms with E-state index in [1.165, 1.54) is 5.56 Å². The Morgan fingerprint density at radius 3 is 2.08 bits per heavy atom. The average molecular weight is 379 g/mol. The van der Waals surface area contributed by atoms with Gasteiger partial charge in [-0.3, -0.25) is 0 Å². The fraction of sp³-hybridized carbons (Fsp3) is 0.400. The molecule has 1 aromatic rings. The second-order valence-corrected chi connectivity index (χ2v) is 14.1. The first-order chi connectivity index (χ1) is 5.61. The van der Waals surface area contributed by atoms with Crippen molar-refractivity contribution in [1.29, 1.82) is 0 Å². The first-order valence-corrected chi connectivity index (χ1v) is 13.4. The quantitative estimate of drug-likeness (QED) is 0.688. The Morgan fingerprint density at radius 2 is 1.67 bits per heavy atom. The predicted octanol–water partition coefficient (Wildman–Crippen LogP) is 3.74. The van der Waals surface area contributed by atoms with Gasteiger partial charge in [-0.2, -0.15) is 0 Å². The van der Waals surface area contributed by atoms with E-state index in [9.17, 15) is 0 Å². The third-order valence-corrected chi connectivity index (χ3v) is 9.56. The van der Waals surface area contributed by atoms with Crippen molar-refractivity contribution >= 4 is 33.4 Å². The molecule has 0 nitrogen and oxygen atoms in total. The van der Waals surface area contributed by atoms with E-state index in [4.69, 9.17) is 11.6 Å². The van der Waals surface area contributed by atoms with Crippen molar-refractivity contribution in [2.45, 2.75) is 19.8 Å². The zero-order chi connectivity index (χ0) is 9.14. The number of hydrogen-bond donors (Lipinski definition) is 0. The molecule has 0 heterocycles. The van der Waals surface area contributed by atoms with Crippen molar-refractivity contribution in [3.05, 3.63) is 34.9 Å². The van der Waals surface area contributed by atoms with Gasteiger partial charge in [0, 0.05) is 0 Å². The fourth-order valence-corrected chi connectivity index (χ4v) is 4.15. The molecule has 0 aliphatic heterocycles. The van der Waals surface area contributed by atoms with Crippen LogP contribution in [0.3, 0.4) is 0 Å². The topological polar surface area (TPSA) is 0 Å². The Hall–Kier alpha value is 0.393. The first-order valence-electron chi connectivity index (χ1n) is 4.03. The van der Waals surface area contributed by atoms with Crippen LogP contribution in [0.25, 0.3) is 0 Å². The summed E-state index contributed by atoms with van der Waals surface area (Å²) >= 11 is 4.69. The van der Waals surface area contributed by atoms with E-state index in [-0.39, 0.29) is 0 Å². The molecule has 0 aromatic heterocycles. The van der Waals surface area contributed by atoms with Crippen LogP contribution in [0.2, 0.25) is 14.3 Å². The van der Waals surface area contributed by atoms with Crippen LogP contribution in [0.5, 0.6) is 0 Å². The number of hydrogen-bond acceptors (Lipinski definition) is 0. The van der Waals surface area contributed by atoms with Crippen LogP contribution in [-0.4, -0.2) is 21.8 Å². The molecule has 0 radical (unpaired) electrons. The van der Waals surface area contributed by atoms with Crippen molar-refractivity contribution in [2.75, 3.05) is 0 Å². The Kier molecular flexibility index (Phi) is 4.00. The summed E-state index contributed by atoms with van der Waals surface area (Å²) in [6.45, 7) is 2.33. The average Bonchev–Trinajstić information content (AvgIpc) is 2.04. The zero-order valence-electron chi connectivity index (χ0n) is 7.71. The van der Waals surface area contributed by atoms with Gasteiger partial charge in [-0.15, -0.1) is 0 Å². The van der Waals surface area contributed by atoms with Gasteiger partial charge in [-0.05, 0) is 0 Å². The van der Waals surface area contributed by atoms with E-state index in [0.29, 0.717) is 0 Å². The summed E-state index contributed by atoms with van der Waals surface area (Å²) in [5.41, 5.74) is 1.46. The van der Waals surface area contributed by atoms with Gasteiger partial charge in [0.15, 0.2) is 0 Å². The third kappa shape index (κ3) is 2.71. The van der Waals surface area contributed by atoms with E-state index in [0.717, 1.165) is 8.65 Å². The minimum absolute atomic E-state index is 0.817. The SMILES string of the molecule is C[CH](c1ccc(Cl)cc1)[Bi]([CH3])[CH3]. The Morgan fingerprint density at radius 1 is 1.17 bits per heavy atom. The van der Waals surface area contributed by atoms with E-state index in [1.807, 2.05) is 12.1 Å². The normalized spacial score (nSPS) is 13.4. The number of halogens is 1. The summed E-state index contributed by atoms with van der Waals surface area (Å²) < 4.78 is 5.70. The van der Waals surface area contributed by atoms with Crippen LogP contribution in [0.4, 0.5) is 0 Å². The molecule has 0 amide bonds. The molecule has 0 spiro atoms. The number of benzene rings is 1. The van der Waals surface area contributed by atoms with Crippen LogP contribution in [0.1, 0.15) is 16.1 Å². The molecule has 1 atom stereocenters. The summed E-state index contributed by atoms with van der Waals surface area (Å²) in [4.78, 5) is 0. The molecule has 0 N–H and O–H groups in total. The van der Waals surface area contributed by atoms with Crippen molar-refractivity contribution < 1.29 is 0 Å². The second kappa shape index (κ2) is 4.58. The van der Waals surface area contributed by atoms with Gasteiger partial charge in [0.2, 0.25) is 0 Å². The maximum atomic E-state index is 5.81. The Balaban J connectivity index is 2.82. The summed E-state index contributed by atoms with van der Waals surface area (Å²) in [6.07, 6.45) is 0. The van der Waals surface area contributed by atoms with E-state index < -0.39 is 21.8 Å². The summed E-state index contributed by atoms with van der Waals surface area (Å²) in [5.74, 6) is 0. The predicted molar refractivity (Wildman–Crippen MR) is 57.3 cm³/mol. The molecular weight excluding hydrogens is 365 g/mol. The first kappa shape index (κ1) is 10.5. The molecular formula is C10H14BiCl. The summed E-state index contributed by atoms with van der Waals surface area (Å²) in [6, 6.07) is 8.28. The van der Waals surface area contributed by atoms with Crippen LogP contribution in [-0.2, 0) is 0 Å². The molecule has 0 aliphatic rings. The molecule has 0 aliphatic carbocycles. The van der Waals surface area contributed by atoms with Crippen LogP contribution in [0.15, 0.2) is 24.3 Å². The van der Waals surface area contributed by atoms with Gasteiger partial charge in [-0.25, -0.2) is 0 Å². The molecule has 0 fully saturated rings. The fourth-order valence-electron chi connectivity index (χ4n) is 1.04. The van der Waals surface area contributed by atoms with Gasteiger partial charge in [0.1, 0.15) is 0 Å². The van der Waals surface area contributed by atoms with Gasteiger partial charge < -0.3 is 0 Å². The van der Waals surface area contributed by atoms with E-state index >= 15 is 0 Å². The van der Waals surface area contributed by atoms with Crippen LogP contribution >= 0.6 is 11.6 Å². The molecule has 0 bridgehead atoms. The Bertz CT molecular complexity index is 241. The van der Waals surface area contributed by atoms with Gasteiger partial charge in [0.25, 0.3) is 0 Å². The molecule has 2 heteroatoms. The standard InChI is InChI=1S/C8H8Cl.2CH3.Bi/c1-2-7-3-5-8(9)6-4-7;;;/h2-6H,1H3;2*1H3;. The van der Waals surface area contributed by atoms with Crippen molar-refractivity contribution in [1.82, 2.24) is 0 Å². The molecule has 1 rings (SSSR count). The van der Waals surface area contributed by atoms with Gasteiger partial charge in [0.05, 0.1) is 0 Å². The summed E-state index contributed by atoms with van der Waals surface area (Å²) in [7, 11) is 0. The molecule has 12 heavy (non-hydrogen) atoms. The third-order valence-electron chi connectivity index (χ3n) is 2.13. The Labute approximate surface area is 87.6 Å². The van der Waals surface area contributed by atoms with Crippen molar-refractivity contribution in [3.8, 4) is 0 Å². The molecule has 1 aromatic carbocycles. The molecule has 0 saturated heterocycles. The van der Waals surface area contributed by atoms with E-state index in [1.54, 1.807) is 0 Å². The maximum absolute atomic E-state index is 5.81. The van der Waals surface area contributed by atoms with E-state index in [2.05, 4.69) is 28.3 Å². The molecule has 0 saturated carbocycles. The molecule has 66 valence electrons. The van der Waals surface area contributed by atoms with Gasteiger partial charge >= 0.3 is 88.0 Å². The second-order valence-electron chi connectivity index (χ2n) is 3.19. The summed E-state index contributed by atoms with van der Waals surface area (Å²) in [5, 5.41) is 0.837. The van der Waals surface area contributed by atoms with Crippen LogP contribution in [0, 0.1) is 0 Å². The zero-order valence-corrected chi connectivity index (χ0v) is 11.9. The number of rotatable bonds is 2. The van der Waals surface area contributed by atoms with Crippen molar-refractivity contribution in [3.63, 3.8) is 0 Å². The van der Waals surface area contributed by atoms with Crippen molar-refractivity contribution in [2.24, 2.45) is 0 Å².